The predicted molar refractivity (Wildman–Crippen MR) is 95.7 cm³/mol. The topological polar surface area (TPSA) is 39.7 Å². The lowest BCUT2D eigenvalue weighted by molar-refractivity contribution is -0.132. The zero-order valence-electron chi connectivity index (χ0n) is 14.9. The quantitative estimate of drug-likeness (QED) is 0.848. The SMILES string of the molecule is CC(c1cccnc1)N1CCN(CC(=O)N2CCCCCC2)CC1. The molecule has 2 aliphatic heterocycles. The number of nitrogens with zero attached hydrogens (tertiary/aromatic N) is 4. The fourth-order valence-corrected chi connectivity index (χ4v) is 3.75. The number of hydrogen-bond acceptors (Lipinski definition) is 4. The zero-order chi connectivity index (χ0) is 16.8. The van der Waals surface area contributed by atoms with E-state index >= 15 is 0 Å². The maximum atomic E-state index is 12.5. The minimum atomic E-state index is 0.325. The van der Waals surface area contributed by atoms with E-state index < -0.39 is 0 Å². The van der Waals surface area contributed by atoms with Crippen LogP contribution >= 0.6 is 0 Å². The summed E-state index contributed by atoms with van der Waals surface area (Å²) in [7, 11) is 0. The Morgan fingerprint density at radius 3 is 2.42 bits per heavy atom. The Morgan fingerprint density at radius 1 is 1.08 bits per heavy atom. The highest BCUT2D eigenvalue weighted by atomic mass is 16.2. The molecule has 2 aliphatic rings. The molecule has 1 aromatic heterocycles. The van der Waals surface area contributed by atoms with Crippen molar-refractivity contribution in [3.63, 3.8) is 0 Å². The molecule has 1 amide bonds. The lowest BCUT2D eigenvalue weighted by atomic mass is 10.1. The summed E-state index contributed by atoms with van der Waals surface area (Å²) in [5, 5.41) is 0. The number of rotatable bonds is 4. The fourth-order valence-electron chi connectivity index (χ4n) is 3.75. The van der Waals surface area contributed by atoms with Crippen molar-refractivity contribution in [1.82, 2.24) is 19.7 Å². The van der Waals surface area contributed by atoms with Crippen molar-refractivity contribution in [2.24, 2.45) is 0 Å². The lowest BCUT2D eigenvalue weighted by Gasteiger charge is -2.38. The first kappa shape index (κ1) is 17.4. The number of carbonyl (C=O) groups is 1. The van der Waals surface area contributed by atoms with E-state index in [0.29, 0.717) is 18.5 Å². The summed E-state index contributed by atoms with van der Waals surface area (Å²) in [6, 6.07) is 4.54. The van der Waals surface area contributed by atoms with Crippen LogP contribution in [0.3, 0.4) is 0 Å². The largest absolute Gasteiger partial charge is 0.342 e. The Balaban J connectivity index is 1.45. The van der Waals surface area contributed by atoms with Crippen LogP contribution in [0.4, 0.5) is 0 Å². The van der Waals surface area contributed by atoms with Crippen LogP contribution in [0.25, 0.3) is 0 Å². The Bertz CT molecular complexity index is 505. The van der Waals surface area contributed by atoms with Crippen molar-refractivity contribution >= 4 is 5.91 Å². The van der Waals surface area contributed by atoms with E-state index in [1.807, 2.05) is 18.5 Å². The van der Waals surface area contributed by atoms with Gasteiger partial charge in [-0.2, -0.15) is 0 Å². The number of hydrogen-bond donors (Lipinski definition) is 0. The maximum Gasteiger partial charge on any atom is 0.236 e. The van der Waals surface area contributed by atoms with E-state index in [1.54, 1.807) is 0 Å². The highest BCUT2D eigenvalue weighted by molar-refractivity contribution is 5.78. The molecule has 0 radical (unpaired) electrons. The number of aromatic nitrogens is 1. The van der Waals surface area contributed by atoms with Gasteiger partial charge in [0.1, 0.15) is 0 Å². The monoisotopic (exact) mass is 330 g/mol. The molecular weight excluding hydrogens is 300 g/mol. The van der Waals surface area contributed by atoms with Crippen molar-refractivity contribution in [2.45, 2.75) is 38.6 Å². The van der Waals surface area contributed by atoms with Crippen molar-refractivity contribution in [3.8, 4) is 0 Å². The second kappa shape index (κ2) is 8.58. The first-order chi connectivity index (χ1) is 11.7. The molecule has 24 heavy (non-hydrogen) atoms. The standard InChI is InChI=1S/C19H30N4O/c1-17(18-7-6-8-20-15-18)22-13-11-21(12-14-22)16-19(24)23-9-4-2-3-5-10-23/h6-8,15,17H,2-5,9-14,16H2,1H3. The third-order valence-corrected chi connectivity index (χ3v) is 5.44. The first-order valence-corrected chi connectivity index (χ1v) is 9.38. The summed E-state index contributed by atoms with van der Waals surface area (Å²) in [6.07, 6.45) is 8.66. The van der Waals surface area contributed by atoms with E-state index in [-0.39, 0.29) is 0 Å². The zero-order valence-corrected chi connectivity index (χ0v) is 14.9. The van der Waals surface area contributed by atoms with E-state index in [0.717, 1.165) is 39.3 Å². The highest BCUT2D eigenvalue weighted by Gasteiger charge is 2.25. The molecule has 0 aliphatic carbocycles. The van der Waals surface area contributed by atoms with Crippen LogP contribution < -0.4 is 0 Å². The Morgan fingerprint density at radius 2 is 1.79 bits per heavy atom. The minimum Gasteiger partial charge on any atom is -0.342 e. The first-order valence-electron chi connectivity index (χ1n) is 9.38. The molecular formula is C19H30N4O. The van der Waals surface area contributed by atoms with Crippen molar-refractivity contribution in [3.05, 3.63) is 30.1 Å². The average Bonchev–Trinajstić information content (AvgIpc) is 2.92. The summed E-state index contributed by atoms with van der Waals surface area (Å²) in [4.78, 5) is 23.6. The van der Waals surface area contributed by atoms with Crippen molar-refractivity contribution in [2.75, 3.05) is 45.8 Å². The smallest absolute Gasteiger partial charge is 0.236 e. The summed E-state index contributed by atoms with van der Waals surface area (Å²) in [5.41, 5.74) is 1.27. The Hall–Kier alpha value is -1.46. The number of likely N-dealkylation sites (tertiary alicyclic amines) is 1. The molecule has 1 aromatic rings. The third-order valence-electron chi connectivity index (χ3n) is 5.44. The molecule has 2 saturated heterocycles. The molecule has 3 heterocycles. The second-order valence-corrected chi connectivity index (χ2v) is 7.07. The molecule has 2 fully saturated rings. The summed E-state index contributed by atoms with van der Waals surface area (Å²) in [6.45, 7) is 8.74. The molecule has 0 saturated carbocycles. The number of amides is 1. The van der Waals surface area contributed by atoms with Gasteiger partial charge < -0.3 is 4.90 Å². The van der Waals surface area contributed by atoms with Gasteiger partial charge in [0.2, 0.25) is 5.91 Å². The van der Waals surface area contributed by atoms with E-state index in [4.69, 9.17) is 0 Å². The lowest BCUT2D eigenvalue weighted by Crippen LogP contribution is -2.50. The van der Waals surface area contributed by atoms with Crippen molar-refractivity contribution < 1.29 is 4.79 Å². The minimum absolute atomic E-state index is 0.325. The van der Waals surface area contributed by atoms with Crippen LogP contribution in [0.5, 0.6) is 0 Å². The normalized spacial score (nSPS) is 22.1. The van der Waals surface area contributed by atoms with E-state index in [1.165, 1.54) is 31.2 Å². The summed E-state index contributed by atoms with van der Waals surface area (Å²) < 4.78 is 0. The van der Waals surface area contributed by atoms with Gasteiger partial charge in [0.15, 0.2) is 0 Å². The van der Waals surface area contributed by atoms with Gasteiger partial charge in [0, 0.05) is 57.7 Å². The van der Waals surface area contributed by atoms with Crippen LogP contribution in [-0.2, 0) is 4.79 Å². The molecule has 5 nitrogen and oxygen atoms in total. The Kier molecular flexibility index (Phi) is 6.21. The third kappa shape index (κ3) is 4.54. The molecule has 0 spiro atoms. The van der Waals surface area contributed by atoms with Gasteiger partial charge in [0.05, 0.1) is 6.54 Å². The van der Waals surface area contributed by atoms with Crippen LogP contribution in [-0.4, -0.2) is 71.4 Å². The van der Waals surface area contributed by atoms with Gasteiger partial charge in [-0.15, -0.1) is 0 Å². The summed E-state index contributed by atoms with van der Waals surface area (Å²) in [5.74, 6) is 0.325. The van der Waals surface area contributed by atoms with Gasteiger partial charge >= 0.3 is 0 Å². The van der Waals surface area contributed by atoms with E-state index in [2.05, 4.69) is 32.7 Å². The van der Waals surface area contributed by atoms with Crippen LogP contribution in [0, 0.1) is 0 Å². The second-order valence-electron chi connectivity index (χ2n) is 7.07. The predicted octanol–water partition coefficient (Wildman–Crippen LogP) is 2.16. The number of pyridine rings is 1. The maximum absolute atomic E-state index is 12.5. The molecule has 5 heteroatoms. The van der Waals surface area contributed by atoms with Crippen LogP contribution in [0.15, 0.2) is 24.5 Å². The number of carbonyl (C=O) groups excluding carboxylic acids is 1. The van der Waals surface area contributed by atoms with Gasteiger partial charge in [-0.1, -0.05) is 18.9 Å². The van der Waals surface area contributed by atoms with Crippen LogP contribution in [0.1, 0.15) is 44.2 Å². The Labute approximate surface area is 145 Å². The molecule has 0 N–H and O–H groups in total. The van der Waals surface area contributed by atoms with Crippen molar-refractivity contribution in [1.29, 1.82) is 0 Å². The fraction of sp³-hybridized carbons (Fsp3) is 0.684. The molecule has 3 rings (SSSR count). The molecule has 0 bridgehead atoms. The molecule has 1 atom stereocenters. The van der Waals surface area contributed by atoms with Gasteiger partial charge in [-0.05, 0) is 31.4 Å². The van der Waals surface area contributed by atoms with Gasteiger partial charge in [0.25, 0.3) is 0 Å². The number of piperazine rings is 1. The molecule has 132 valence electrons. The van der Waals surface area contributed by atoms with Gasteiger partial charge in [-0.25, -0.2) is 0 Å². The van der Waals surface area contributed by atoms with Crippen LogP contribution in [0.2, 0.25) is 0 Å². The van der Waals surface area contributed by atoms with E-state index in [9.17, 15) is 4.79 Å². The molecule has 0 aromatic carbocycles. The average molecular weight is 330 g/mol. The van der Waals surface area contributed by atoms with Gasteiger partial charge in [-0.3, -0.25) is 19.6 Å². The highest BCUT2D eigenvalue weighted by Crippen LogP contribution is 2.20. The molecule has 1 unspecified atom stereocenters. The summed E-state index contributed by atoms with van der Waals surface area (Å²) >= 11 is 0.